The van der Waals surface area contributed by atoms with Crippen molar-refractivity contribution in [2.45, 2.75) is 26.4 Å². The zero-order chi connectivity index (χ0) is 11.9. The molecule has 2 rings (SSSR count). The average molecular weight is 222 g/mol. The van der Waals surface area contributed by atoms with Gasteiger partial charge in [-0.2, -0.15) is 0 Å². The zero-order valence-corrected chi connectivity index (χ0v) is 10.3. The molecule has 5 heteroatoms. The van der Waals surface area contributed by atoms with Crippen molar-refractivity contribution < 1.29 is 4.79 Å². The van der Waals surface area contributed by atoms with Crippen LogP contribution in [0.15, 0.2) is 6.33 Å². The molecule has 2 heterocycles. The molecule has 0 spiro atoms. The lowest BCUT2D eigenvalue weighted by Gasteiger charge is -2.40. The molecular weight excluding hydrogens is 204 g/mol. The van der Waals surface area contributed by atoms with Crippen LogP contribution in [-0.2, 0) is 7.05 Å². The van der Waals surface area contributed by atoms with E-state index in [0.717, 1.165) is 18.8 Å². The van der Waals surface area contributed by atoms with Crippen LogP contribution in [0.1, 0.15) is 30.8 Å². The van der Waals surface area contributed by atoms with Crippen molar-refractivity contribution in [3.63, 3.8) is 0 Å². The number of aryl methyl sites for hydroxylation is 1. The number of hydrogen-bond donors (Lipinski definition) is 0. The van der Waals surface area contributed by atoms with Crippen molar-refractivity contribution in [1.29, 1.82) is 0 Å². The molecular formula is C11H18N4O. The highest BCUT2D eigenvalue weighted by molar-refractivity contribution is 5.99. The fraction of sp³-hybridized carbons (Fsp3) is 0.636. The van der Waals surface area contributed by atoms with Crippen molar-refractivity contribution in [2.75, 3.05) is 18.5 Å². The minimum absolute atomic E-state index is 0.0786. The van der Waals surface area contributed by atoms with Crippen LogP contribution in [0, 0.1) is 0 Å². The monoisotopic (exact) mass is 222 g/mol. The lowest BCUT2D eigenvalue weighted by Crippen LogP contribution is -2.53. The smallest absolute Gasteiger partial charge is 0.276 e. The van der Waals surface area contributed by atoms with E-state index in [-0.39, 0.29) is 12.1 Å². The second-order valence-corrected chi connectivity index (χ2v) is 4.27. The first kappa shape index (κ1) is 11.0. The third-order valence-electron chi connectivity index (χ3n) is 3.19. The number of fused-ring (bicyclic) bond motifs is 1. The Labute approximate surface area is 95.7 Å². The molecule has 0 aromatic carbocycles. The predicted octanol–water partition coefficient (Wildman–Crippen LogP) is 1.07. The summed E-state index contributed by atoms with van der Waals surface area (Å²) in [5.41, 5.74) is 0.689. The van der Waals surface area contributed by atoms with Gasteiger partial charge in [0.25, 0.3) is 5.91 Å². The second kappa shape index (κ2) is 3.81. The van der Waals surface area contributed by atoms with Gasteiger partial charge in [-0.3, -0.25) is 4.79 Å². The van der Waals surface area contributed by atoms with Gasteiger partial charge in [0.15, 0.2) is 11.5 Å². The predicted molar refractivity (Wildman–Crippen MR) is 62.4 cm³/mol. The van der Waals surface area contributed by atoms with Gasteiger partial charge in [-0.15, -0.1) is 0 Å². The van der Waals surface area contributed by atoms with Crippen LogP contribution in [0.3, 0.4) is 0 Å². The van der Waals surface area contributed by atoms with E-state index in [2.05, 4.69) is 11.9 Å². The van der Waals surface area contributed by atoms with E-state index in [1.165, 1.54) is 0 Å². The first-order valence-corrected chi connectivity index (χ1v) is 5.63. The molecule has 1 aliphatic rings. The lowest BCUT2D eigenvalue weighted by molar-refractivity contribution is 0.0661. The lowest BCUT2D eigenvalue weighted by atomic mass is 10.2. The molecule has 0 fully saturated rings. The van der Waals surface area contributed by atoms with Crippen LogP contribution in [0.2, 0.25) is 0 Å². The Bertz CT molecular complexity index is 412. The minimum atomic E-state index is 0.0786. The fourth-order valence-corrected chi connectivity index (χ4v) is 2.14. The molecule has 1 aromatic heterocycles. The first-order chi connectivity index (χ1) is 7.57. The van der Waals surface area contributed by atoms with Gasteiger partial charge in [0.1, 0.15) is 6.17 Å². The van der Waals surface area contributed by atoms with Crippen molar-refractivity contribution in [3.8, 4) is 0 Å². The number of amides is 1. The van der Waals surface area contributed by atoms with Gasteiger partial charge in [0.05, 0.1) is 6.33 Å². The first-order valence-electron chi connectivity index (χ1n) is 5.63. The highest BCUT2D eigenvalue weighted by atomic mass is 16.2. The highest BCUT2D eigenvalue weighted by Gasteiger charge is 2.35. The van der Waals surface area contributed by atoms with Crippen molar-refractivity contribution >= 4 is 11.7 Å². The molecule has 1 aliphatic heterocycles. The van der Waals surface area contributed by atoms with Gasteiger partial charge >= 0.3 is 0 Å². The summed E-state index contributed by atoms with van der Waals surface area (Å²) in [5, 5.41) is 0. The van der Waals surface area contributed by atoms with Gasteiger partial charge in [0, 0.05) is 20.6 Å². The average Bonchev–Trinajstić information content (AvgIpc) is 2.64. The fourth-order valence-electron chi connectivity index (χ4n) is 2.14. The standard InChI is InChI=1S/C11H18N4O/c1-5-6-15-8(2)14(4)10-9(11(15)16)13(3)7-12-10/h7-8H,5-6H2,1-4H3. The van der Waals surface area contributed by atoms with E-state index in [4.69, 9.17) is 0 Å². The van der Waals surface area contributed by atoms with E-state index in [1.807, 2.05) is 30.8 Å². The molecule has 1 atom stereocenters. The molecule has 1 aromatic rings. The number of hydrogen-bond acceptors (Lipinski definition) is 3. The van der Waals surface area contributed by atoms with E-state index in [0.29, 0.717) is 5.69 Å². The summed E-state index contributed by atoms with van der Waals surface area (Å²) in [4.78, 5) is 20.5. The minimum Gasteiger partial charge on any atom is -0.337 e. The number of carbonyl (C=O) groups is 1. The quantitative estimate of drug-likeness (QED) is 0.751. The Morgan fingerprint density at radius 2 is 2.12 bits per heavy atom. The van der Waals surface area contributed by atoms with Crippen LogP contribution < -0.4 is 4.90 Å². The number of carbonyl (C=O) groups excluding carboxylic acids is 1. The van der Waals surface area contributed by atoms with Crippen LogP contribution in [-0.4, -0.2) is 40.1 Å². The maximum atomic E-state index is 12.3. The number of rotatable bonds is 2. The van der Waals surface area contributed by atoms with E-state index >= 15 is 0 Å². The Morgan fingerprint density at radius 3 is 2.75 bits per heavy atom. The summed E-state index contributed by atoms with van der Waals surface area (Å²) in [6, 6.07) is 0. The summed E-state index contributed by atoms with van der Waals surface area (Å²) < 4.78 is 1.79. The third-order valence-corrected chi connectivity index (χ3v) is 3.19. The molecule has 1 amide bonds. The van der Waals surface area contributed by atoms with Gasteiger partial charge < -0.3 is 14.4 Å². The molecule has 0 aliphatic carbocycles. The SMILES string of the molecule is CCCN1C(=O)c2c(ncn2C)N(C)C1C. The summed E-state index contributed by atoms with van der Waals surface area (Å²) >= 11 is 0. The van der Waals surface area contributed by atoms with Crippen LogP contribution in [0.4, 0.5) is 5.82 Å². The van der Waals surface area contributed by atoms with E-state index < -0.39 is 0 Å². The molecule has 5 nitrogen and oxygen atoms in total. The van der Waals surface area contributed by atoms with E-state index in [9.17, 15) is 4.79 Å². The molecule has 0 bridgehead atoms. The van der Waals surface area contributed by atoms with Crippen LogP contribution in [0.5, 0.6) is 0 Å². The molecule has 16 heavy (non-hydrogen) atoms. The Kier molecular flexibility index (Phi) is 2.61. The summed E-state index contributed by atoms with van der Waals surface area (Å²) in [5.74, 6) is 0.870. The van der Waals surface area contributed by atoms with Crippen molar-refractivity contribution in [3.05, 3.63) is 12.0 Å². The van der Waals surface area contributed by atoms with Crippen molar-refractivity contribution in [1.82, 2.24) is 14.5 Å². The maximum absolute atomic E-state index is 12.3. The third kappa shape index (κ3) is 1.38. The molecule has 0 N–H and O–H groups in total. The zero-order valence-electron chi connectivity index (χ0n) is 10.3. The van der Waals surface area contributed by atoms with Crippen molar-refractivity contribution in [2.24, 2.45) is 7.05 Å². The van der Waals surface area contributed by atoms with Crippen LogP contribution >= 0.6 is 0 Å². The van der Waals surface area contributed by atoms with Crippen LogP contribution in [0.25, 0.3) is 0 Å². The normalized spacial score (nSPS) is 20.2. The Hall–Kier alpha value is -1.52. The molecule has 0 saturated heterocycles. The maximum Gasteiger partial charge on any atom is 0.276 e. The summed E-state index contributed by atoms with van der Waals surface area (Å²) in [6.07, 6.45) is 2.74. The number of aromatic nitrogens is 2. The number of imidazole rings is 1. The van der Waals surface area contributed by atoms with E-state index in [1.54, 1.807) is 10.9 Å². The molecule has 0 saturated carbocycles. The molecule has 0 radical (unpaired) electrons. The summed E-state index contributed by atoms with van der Waals surface area (Å²) in [6.45, 7) is 4.90. The van der Waals surface area contributed by atoms with Gasteiger partial charge in [-0.1, -0.05) is 6.92 Å². The van der Waals surface area contributed by atoms with Gasteiger partial charge in [-0.05, 0) is 13.3 Å². The van der Waals surface area contributed by atoms with Gasteiger partial charge in [0.2, 0.25) is 0 Å². The number of anilines is 1. The topological polar surface area (TPSA) is 41.4 Å². The summed E-state index contributed by atoms with van der Waals surface area (Å²) in [7, 11) is 3.84. The Balaban J connectivity index is 2.45. The largest absolute Gasteiger partial charge is 0.337 e. The van der Waals surface area contributed by atoms with Gasteiger partial charge in [-0.25, -0.2) is 4.98 Å². The second-order valence-electron chi connectivity index (χ2n) is 4.27. The Morgan fingerprint density at radius 1 is 1.44 bits per heavy atom. The highest BCUT2D eigenvalue weighted by Crippen LogP contribution is 2.27. The molecule has 88 valence electrons. The number of nitrogens with zero attached hydrogens (tertiary/aromatic N) is 4. The molecule has 1 unspecified atom stereocenters.